The fourth-order valence-corrected chi connectivity index (χ4v) is 2.37. The van der Waals surface area contributed by atoms with Crippen LogP contribution in [0.25, 0.3) is 0 Å². The summed E-state index contributed by atoms with van der Waals surface area (Å²) in [5, 5.41) is 3.26. The Morgan fingerprint density at radius 1 is 1.39 bits per heavy atom. The van der Waals surface area contributed by atoms with Crippen LogP contribution in [0.4, 0.5) is 0 Å². The van der Waals surface area contributed by atoms with E-state index in [1.165, 1.54) is 0 Å². The summed E-state index contributed by atoms with van der Waals surface area (Å²) in [4.78, 5) is 0. The Hall–Kier alpha value is -1.26. The largest absolute Gasteiger partial charge is 0.496 e. The summed E-state index contributed by atoms with van der Waals surface area (Å²) in [6, 6.07) is 10.0. The van der Waals surface area contributed by atoms with E-state index in [9.17, 15) is 0 Å². The molecule has 0 fully saturated rings. The van der Waals surface area contributed by atoms with E-state index in [0.717, 1.165) is 28.0 Å². The Morgan fingerprint density at radius 2 is 2.22 bits per heavy atom. The van der Waals surface area contributed by atoms with Gasteiger partial charge < -0.3 is 14.5 Å². The Kier molecular flexibility index (Phi) is 4.44. The van der Waals surface area contributed by atoms with Crippen LogP contribution < -0.4 is 10.1 Å². The second kappa shape index (κ2) is 6.07. The molecule has 1 heterocycles. The summed E-state index contributed by atoms with van der Waals surface area (Å²) in [5.41, 5.74) is 1.14. The van der Waals surface area contributed by atoms with Gasteiger partial charge in [0.05, 0.1) is 19.4 Å². The molecule has 4 heteroatoms. The van der Waals surface area contributed by atoms with Crippen LogP contribution >= 0.6 is 15.9 Å². The number of nitrogens with one attached hydrogen (secondary N) is 1. The molecule has 2 rings (SSSR count). The lowest BCUT2D eigenvalue weighted by Crippen LogP contribution is -2.18. The zero-order valence-corrected chi connectivity index (χ0v) is 12.0. The highest BCUT2D eigenvalue weighted by Gasteiger charge is 2.15. The normalized spacial score (nSPS) is 12.4. The van der Waals surface area contributed by atoms with Crippen LogP contribution in [-0.2, 0) is 6.42 Å². The smallest absolute Gasteiger partial charge is 0.122 e. The van der Waals surface area contributed by atoms with Gasteiger partial charge in [-0.05, 0) is 49.4 Å². The predicted molar refractivity (Wildman–Crippen MR) is 74.9 cm³/mol. The number of furan rings is 1. The summed E-state index contributed by atoms with van der Waals surface area (Å²) >= 11 is 3.49. The zero-order valence-electron chi connectivity index (χ0n) is 10.4. The molecule has 0 bridgehead atoms. The van der Waals surface area contributed by atoms with E-state index in [4.69, 9.17) is 9.15 Å². The van der Waals surface area contributed by atoms with Crippen molar-refractivity contribution in [2.75, 3.05) is 14.2 Å². The summed E-state index contributed by atoms with van der Waals surface area (Å²) < 4.78 is 11.9. The molecule has 0 aliphatic rings. The average Bonchev–Trinajstić information content (AvgIpc) is 2.90. The zero-order chi connectivity index (χ0) is 13.0. The highest BCUT2D eigenvalue weighted by molar-refractivity contribution is 9.10. The summed E-state index contributed by atoms with van der Waals surface area (Å²) in [6.07, 6.45) is 2.50. The number of ether oxygens (including phenoxy) is 1. The minimum absolute atomic E-state index is 0.142. The van der Waals surface area contributed by atoms with Crippen molar-refractivity contribution in [1.82, 2.24) is 5.32 Å². The Balaban J connectivity index is 2.24. The molecular formula is C14H16BrNO2. The maximum absolute atomic E-state index is 5.45. The van der Waals surface area contributed by atoms with Crippen molar-refractivity contribution in [1.29, 1.82) is 0 Å². The molecule has 3 nitrogen and oxygen atoms in total. The van der Waals surface area contributed by atoms with Crippen molar-refractivity contribution < 1.29 is 9.15 Å². The number of hydrogen-bond acceptors (Lipinski definition) is 3. The van der Waals surface area contributed by atoms with Gasteiger partial charge in [-0.2, -0.15) is 0 Å². The van der Waals surface area contributed by atoms with Gasteiger partial charge in [-0.3, -0.25) is 0 Å². The second-order valence-electron chi connectivity index (χ2n) is 4.02. The van der Waals surface area contributed by atoms with Gasteiger partial charge in [0.2, 0.25) is 0 Å². The molecular weight excluding hydrogens is 294 g/mol. The van der Waals surface area contributed by atoms with E-state index >= 15 is 0 Å². The van der Waals surface area contributed by atoms with E-state index in [2.05, 4.69) is 27.3 Å². The monoisotopic (exact) mass is 309 g/mol. The van der Waals surface area contributed by atoms with Crippen LogP contribution in [0.2, 0.25) is 0 Å². The van der Waals surface area contributed by atoms with E-state index in [1.807, 2.05) is 31.3 Å². The maximum atomic E-state index is 5.45. The van der Waals surface area contributed by atoms with Crippen LogP contribution in [0.1, 0.15) is 17.4 Å². The van der Waals surface area contributed by atoms with Gasteiger partial charge >= 0.3 is 0 Å². The van der Waals surface area contributed by atoms with Crippen LogP contribution in [0.3, 0.4) is 0 Å². The third kappa shape index (κ3) is 2.94. The number of methoxy groups -OCH3 is 1. The molecule has 0 saturated heterocycles. The number of benzene rings is 1. The molecule has 0 spiro atoms. The SMILES string of the molecule is CNC(Cc1cc(Br)ccc1OC)c1ccco1. The molecule has 0 aliphatic carbocycles. The molecule has 1 atom stereocenters. The lowest BCUT2D eigenvalue weighted by Gasteiger charge is -2.16. The standard InChI is InChI=1S/C14H16BrNO2/c1-16-12(14-4-3-7-18-14)9-10-8-11(15)5-6-13(10)17-2/h3-8,12,16H,9H2,1-2H3. The fourth-order valence-electron chi connectivity index (χ4n) is 1.96. The van der Waals surface area contributed by atoms with Gasteiger partial charge in [-0.15, -0.1) is 0 Å². The van der Waals surface area contributed by atoms with Crippen LogP contribution in [0.5, 0.6) is 5.75 Å². The molecule has 18 heavy (non-hydrogen) atoms. The van der Waals surface area contributed by atoms with Gasteiger partial charge in [-0.1, -0.05) is 15.9 Å². The van der Waals surface area contributed by atoms with Crippen molar-refractivity contribution in [3.05, 3.63) is 52.4 Å². The average molecular weight is 310 g/mol. The third-order valence-electron chi connectivity index (χ3n) is 2.90. The van der Waals surface area contributed by atoms with Gasteiger partial charge in [0.15, 0.2) is 0 Å². The lowest BCUT2D eigenvalue weighted by molar-refractivity contribution is 0.397. The molecule has 1 aromatic carbocycles. The van der Waals surface area contributed by atoms with Gasteiger partial charge in [-0.25, -0.2) is 0 Å². The van der Waals surface area contributed by atoms with E-state index in [1.54, 1.807) is 13.4 Å². The maximum Gasteiger partial charge on any atom is 0.122 e. The van der Waals surface area contributed by atoms with Gasteiger partial charge in [0.1, 0.15) is 11.5 Å². The van der Waals surface area contributed by atoms with Crippen molar-refractivity contribution >= 4 is 15.9 Å². The van der Waals surface area contributed by atoms with Crippen molar-refractivity contribution in [2.45, 2.75) is 12.5 Å². The van der Waals surface area contributed by atoms with Crippen LogP contribution in [0, 0.1) is 0 Å². The van der Waals surface area contributed by atoms with Crippen molar-refractivity contribution in [3.63, 3.8) is 0 Å². The van der Waals surface area contributed by atoms with E-state index in [-0.39, 0.29) is 6.04 Å². The number of likely N-dealkylation sites (N-methyl/N-ethyl adjacent to an activating group) is 1. The van der Waals surface area contributed by atoms with Crippen molar-refractivity contribution in [2.24, 2.45) is 0 Å². The number of halogens is 1. The summed E-state index contributed by atoms with van der Waals surface area (Å²) in [5.74, 6) is 1.82. The van der Waals surface area contributed by atoms with Gasteiger partial charge in [0, 0.05) is 4.47 Å². The van der Waals surface area contributed by atoms with Gasteiger partial charge in [0.25, 0.3) is 0 Å². The molecule has 0 radical (unpaired) electrons. The van der Waals surface area contributed by atoms with E-state index in [0.29, 0.717) is 0 Å². The first-order valence-corrected chi connectivity index (χ1v) is 6.57. The Labute approximate surface area is 115 Å². The third-order valence-corrected chi connectivity index (χ3v) is 3.39. The summed E-state index contributed by atoms with van der Waals surface area (Å²) in [6.45, 7) is 0. The van der Waals surface area contributed by atoms with Crippen molar-refractivity contribution in [3.8, 4) is 5.75 Å². The molecule has 0 saturated carbocycles. The molecule has 1 N–H and O–H groups in total. The highest BCUT2D eigenvalue weighted by Crippen LogP contribution is 2.28. The molecule has 2 aromatic rings. The molecule has 96 valence electrons. The van der Waals surface area contributed by atoms with Crippen LogP contribution in [-0.4, -0.2) is 14.2 Å². The number of hydrogen-bond donors (Lipinski definition) is 1. The topological polar surface area (TPSA) is 34.4 Å². The minimum atomic E-state index is 0.142. The second-order valence-corrected chi connectivity index (χ2v) is 4.93. The molecule has 1 unspecified atom stereocenters. The molecule has 0 amide bonds. The number of rotatable bonds is 5. The highest BCUT2D eigenvalue weighted by atomic mass is 79.9. The first-order valence-electron chi connectivity index (χ1n) is 5.77. The minimum Gasteiger partial charge on any atom is -0.496 e. The quantitative estimate of drug-likeness (QED) is 0.917. The van der Waals surface area contributed by atoms with E-state index < -0.39 is 0 Å². The fraction of sp³-hybridized carbons (Fsp3) is 0.286. The molecule has 1 aromatic heterocycles. The first kappa shape index (κ1) is 13.2. The molecule has 0 aliphatic heterocycles. The Bertz CT molecular complexity index is 497. The first-order chi connectivity index (χ1) is 8.74. The summed E-state index contributed by atoms with van der Waals surface area (Å²) in [7, 11) is 3.62. The lowest BCUT2D eigenvalue weighted by atomic mass is 10.0. The van der Waals surface area contributed by atoms with Crippen LogP contribution in [0.15, 0.2) is 45.5 Å². The predicted octanol–water partition coefficient (Wildman–Crippen LogP) is 3.55. The Morgan fingerprint density at radius 3 is 2.83 bits per heavy atom.